The van der Waals surface area contributed by atoms with E-state index < -0.39 is 59.6 Å². The lowest BCUT2D eigenvalue weighted by molar-refractivity contribution is -0.162. The number of hydrogen-bond acceptors (Lipinski definition) is 7. The van der Waals surface area contributed by atoms with Gasteiger partial charge in [-0.05, 0) is 30.4 Å². The van der Waals surface area contributed by atoms with Crippen molar-refractivity contribution < 1.29 is 33.8 Å². The van der Waals surface area contributed by atoms with E-state index in [4.69, 9.17) is 9.47 Å². The van der Waals surface area contributed by atoms with E-state index in [1.807, 2.05) is 86.7 Å². The zero-order chi connectivity index (χ0) is 34.0. The molecule has 2 aromatic rings. The molecule has 3 amide bonds. The number of ether oxygens (including phenoxy) is 2. The van der Waals surface area contributed by atoms with Crippen molar-refractivity contribution in [1.29, 1.82) is 0 Å². The largest absolute Gasteiger partial charge is 0.455 e. The topological polar surface area (TPSA) is 125 Å². The Bertz CT molecular complexity index is 1560. The molecular weight excluding hydrogens is 610 g/mol. The lowest BCUT2D eigenvalue weighted by Crippen LogP contribution is -2.59. The molecule has 2 N–H and O–H groups in total. The number of esters is 1. The van der Waals surface area contributed by atoms with E-state index in [1.165, 1.54) is 4.90 Å². The monoisotopic (exact) mass is 655 g/mol. The Balaban J connectivity index is 1.45. The van der Waals surface area contributed by atoms with Crippen molar-refractivity contribution in [1.82, 2.24) is 15.1 Å². The third-order valence-corrected chi connectivity index (χ3v) is 10.4. The van der Waals surface area contributed by atoms with Crippen LogP contribution in [0, 0.1) is 17.8 Å². The third-order valence-electron chi connectivity index (χ3n) is 10.4. The molecule has 5 bridgehead atoms. The number of carbonyl (C=O) groups excluding carboxylic acids is 4. The van der Waals surface area contributed by atoms with Crippen LogP contribution < -0.4 is 5.32 Å². The Morgan fingerprint density at radius 1 is 1.00 bits per heavy atom. The van der Waals surface area contributed by atoms with E-state index in [-0.39, 0.29) is 43.8 Å². The van der Waals surface area contributed by atoms with Crippen LogP contribution in [0.25, 0.3) is 0 Å². The Morgan fingerprint density at radius 3 is 2.40 bits per heavy atom. The maximum Gasteiger partial charge on any atom is 0.313 e. The number of amides is 3. The molecule has 0 unspecified atom stereocenters. The molecule has 10 nitrogen and oxygen atoms in total. The standard InChI is InChI=1S/C38H45N3O7/c1-4-24(2)28(23-42)41-34-36(45)40(22-26-14-8-5-9-15-26)21-13-7-12-18-30(43)39-25(3)33(27-16-10-6-11-17-27)47-37(46)31-29-19-20-38(34,48-29)32(31)35(41)44/h5-11,13-17,19-20,24-25,28-29,31-34,42H,4,12,18,21-23H2,1-3H3,(H,39,43)/b13-7-/t24-,25-,28-,29+,31-,32-,33+,34+,38-/m0/s1. The van der Waals surface area contributed by atoms with Gasteiger partial charge in [0.15, 0.2) is 0 Å². The molecule has 4 heterocycles. The fraction of sp³-hybridized carbons (Fsp3) is 0.474. The lowest BCUT2D eigenvalue weighted by Gasteiger charge is -2.40. The van der Waals surface area contributed by atoms with Crippen LogP contribution in [-0.4, -0.2) is 81.6 Å². The minimum Gasteiger partial charge on any atom is -0.455 e. The first kappa shape index (κ1) is 33.6. The van der Waals surface area contributed by atoms with E-state index in [2.05, 4.69) is 5.32 Å². The first-order valence-electron chi connectivity index (χ1n) is 17.0. The van der Waals surface area contributed by atoms with Gasteiger partial charge in [-0.15, -0.1) is 0 Å². The number of rotatable bonds is 7. The molecule has 1 spiro atoms. The zero-order valence-corrected chi connectivity index (χ0v) is 27.7. The molecule has 6 rings (SSSR count). The number of cyclic esters (lactones) is 1. The molecule has 4 aliphatic rings. The van der Waals surface area contributed by atoms with Crippen LogP contribution in [0.3, 0.4) is 0 Å². The summed E-state index contributed by atoms with van der Waals surface area (Å²) in [6.07, 6.45) is 7.00. The van der Waals surface area contributed by atoms with E-state index >= 15 is 0 Å². The number of likely N-dealkylation sites (tertiary alicyclic amines) is 1. The normalized spacial score (nSPS) is 32.5. The number of fused-ring (bicyclic) bond motifs is 2. The fourth-order valence-corrected chi connectivity index (χ4v) is 7.78. The zero-order valence-electron chi connectivity index (χ0n) is 27.7. The van der Waals surface area contributed by atoms with Gasteiger partial charge in [-0.2, -0.15) is 0 Å². The molecule has 0 radical (unpaired) electrons. The van der Waals surface area contributed by atoms with Crippen LogP contribution >= 0.6 is 0 Å². The van der Waals surface area contributed by atoms with Gasteiger partial charge >= 0.3 is 5.97 Å². The molecule has 0 aromatic heterocycles. The van der Waals surface area contributed by atoms with Gasteiger partial charge in [0.1, 0.15) is 23.7 Å². The Labute approximate surface area is 281 Å². The van der Waals surface area contributed by atoms with E-state index in [0.29, 0.717) is 18.4 Å². The maximum atomic E-state index is 14.9. The highest BCUT2D eigenvalue weighted by molar-refractivity contribution is 5.99. The van der Waals surface area contributed by atoms with Gasteiger partial charge in [0.05, 0.1) is 30.7 Å². The highest BCUT2D eigenvalue weighted by atomic mass is 16.6. The highest BCUT2D eigenvalue weighted by Gasteiger charge is 2.74. The van der Waals surface area contributed by atoms with Gasteiger partial charge < -0.3 is 29.7 Å². The smallest absolute Gasteiger partial charge is 0.313 e. The van der Waals surface area contributed by atoms with Crippen molar-refractivity contribution in [3.05, 3.63) is 96.1 Å². The molecule has 2 saturated heterocycles. The van der Waals surface area contributed by atoms with Crippen LogP contribution in [0.15, 0.2) is 85.0 Å². The van der Waals surface area contributed by atoms with Gasteiger partial charge in [0.2, 0.25) is 17.7 Å². The number of aliphatic hydroxyl groups is 1. The maximum absolute atomic E-state index is 14.9. The van der Waals surface area contributed by atoms with Crippen LogP contribution in [0.4, 0.5) is 0 Å². The van der Waals surface area contributed by atoms with Crippen molar-refractivity contribution in [2.24, 2.45) is 17.8 Å². The number of allylic oxidation sites excluding steroid dienone is 1. The number of carbonyl (C=O) groups is 4. The van der Waals surface area contributed by atoms with Crippen molar-refractivity contribution in [3.8, 4) is 0 Å². The number of nitrogens with zero attached hydrogens (tertiary/aromatic N) is 2. The third kappa shape index (κ3) is 6.07. The minimum atomic E-state index is -1.42. The highest BCUT2D eigenvalue weighted by Crippen LogP contribution is 2.56. The van der Waals surface area contributed by atoms with Crippen molar-refractivity contribution >= 4 is 23.7 Å². The minimum absolute atomic E-state index is 0.136. The summed E-state index contributed by atoms with van der Waals surface area (Å²) in [4.78, 5) is 60.1. The molecule has 254 valence electrons. The molecule has 48 heavy (non-hydrogen) atoms. The number of benzene rings is 2. The summed E-state index contributed by atoms with van der Waals surface area (Å²) in [5.74, 6) is -3.76. The molecule has 0 saturated carbocycles. The Morgan fingerprint density at radius 2 is 1.71 bits per heavy atom. The summed E-state index contributed by atoms with van der Waals surface area (Å²) in [6, 6.07) is 16.4. The average Bonchev–Trinajstić information content (AvgIpc) is 3.74. The van der Waals surface area contributed by atoms with Crippen molar-refractivity contribution in [3.63, 3.8) is 0 Å². The summed E-state index contributed by atoms with van der Waals surface area (Å²) < 4.78 is 12.8. The predicted octanol–water partition coefficient (Wildman–Crippen LogP) is 3.71. The van der Waals surface area contributed by atoms with Crippen molar-refractivity contribution in [2.45, 2.75) is 82.5 Å². The second kappa shape index (κ2) is 14.1. The van der Waals surface area contributed by atoms with Gasteiger partial charge in [0.25, 0.3) is 0 Å². The number of nitrogens with one attached hydrogen (secondary N) is 1. The molecule has 4 aliphatic heterocycles. The Hall–Kier alpha value is -4.28. The Kier molecular flexibility index (Phi) is 9.85. The summed E-state index contributed by atoms with van der Waals surface area (Å²) in [5.41, 5.74) is 0.189. The van der Waals surface area contributed by atoms with Crippen LogP contribution in [0.5, 0.6) is 0 Å². The quantitative estimate of drug-likeness (QED) is 0.344. The van der Waals surface area contributed by atoms with E-state index in [0.717, 1.165) is 5.56 Å². The van der Waals surface area contributed by atoms with Gasteiger partial charge in [-0.1, -0.05) is 105 Å². The first-order chi connectivity index (χ1) is 23.2. The van der Waals surface area contributed by atoms with Crippen molar-refractivity contribution in [2.75, 3.05) is 13.2 Å². The molecule has 9 atom stereocenters. The van der Waals surface area contributed by atoms with Gasteiger partial charge in [0, 0.05) is 19.5 Å². The average molecular weight is 656 g/mol. The molecular formula is C38H45N3O7. The van der Waals surface area contributed by atoms with Crippen LogP contribution in [-0.2, 0) is 35.2 Å². The number of aliphatic hydroxyl groups excluding tert-OH is 1. The SMILES string of the molecule is CC[C@H](C)[C@H](CO)N1C(=O)[C@@H]2[C@H]3C(=O)O[C@@H](c4ccccc4)[C@H](C)NC(=O)CC/C=C\CN(Cc4ccccc4)C(=O)[C@@H]1[C@]21C=C[C@H]3O1. The van der Waals surface area contributed by atoms with Crippen LogP contribution in [0.1, 0.15) is 57.3 Å². The molecule has 0 aliphatic carbocycles. The lowest BCUT2D eigenvalue weighted by atomic mass is 9.74. The van der Waals surface area contributed by atoms with E-state index in [9.17, 15) is 24.3 Å². The second-order valence-electron chi connectivity index (χ2n) is 13.4. The fourth-order valence-electron chi connectivity index (χ4n) is 7.78. The summed E-state index contributed by atoms with van der Waals surface area (Å²) in [6.45, 7) is 5.87. The molecule has 2 aromatic carbocycles. The molecule has 2 fully saturated rings. The predicted molar refractivity (Wildman–Crippen MR) is 178 cm³/mol. The van der Waals surface area contributed by atoms with Crippen LogP contribution in [0.2, 0.25) is 0 Å². The number of hydrogen-bond donors (Lipinski definition) is 2. The summed E-state index contributed by atoms with van der Waals surface area (Å²) in [7, 11) is 0. The second-order valence-corrected chi connectivity index (χ2v) is 13.4. The van der Waals surface area contributed by atoms with Gasteiger partial charge in [-0.3, -0.25) is 19.2 Å². The van der Waals surface area contributed by atoms with E-state index in [1.54, 1.807) is 24.0 Å². The molecule has 10 heteroatoms. The van der Waals surface area contributed by atoms with Gasteiger partial charge in [-0.25, -0.2) is 0 Å². The summed E-state index contributed by atoms with van der Waals surface area (Å²) in [5, 5.41) is 13.7. The first-order valence-corrected chi connectivity index (χ1v) is 17.0. The summed E-state index contributed by atoms with van der Waals surface area (Å²) >= 11 is 0.